The van der Waals surface area contributed by atoms with Gasteiger partial charge in [-0.05, 0) is 35.9 Å². The summed E-state index contributed by atoms with van der Waals surface area (Å²) in [6.45, 7) is 0.00469. The molecule has 0 N–H and O–H groups in total. The minimum Gasteiger partial charge on any atom is -0.497 e. The number of methoxy groups -OCH3 is 1. The van der Waals surface area contributed by atoms with Gasteiger partial charge < -0.3 is 9.47 Å². The lowest BCUT2D eigenvalue weighted by atomic mass is 10.2. The molecule has 25 heavy (non-hydrogen) atoms. The summed E-state index contributed by atoms with van der Waals surface area (Å²) in [5.74, 6) is 0.139. The zero-order valence-electron chi connectivity index (χ0n) is 13.0. The first-order chi connectivity index (χ1) is 12.0. The minimum absolute atomic E-state index is 0.00469. The Kier molecular flexibility index (Phi) is 4.87. The number of rotatable bonds is 5. The van der Waals surface area contributed by atoms with Gasteiger partial charge in [-0.3, -0.25) is 10.1 Å². The number of hydrogen-bond acceptors (Lipinski definition) is 6. The Morgan fingerprint density at radius 1 is 1.24 bits per heavy atom. The third kappa shape index (κ3) is 3.57. The van der Waals surface area contributed by atoms with Crippen molar-refractivity contribution in [2.45, 2.75) is 6.61 Å². The summed E-state index contributed by atoms with van der Waals surface area (Å²) in [6.07, 6.45) is 0. The number of nitro groups is 1. The Bertz CT molecular complexity index is 952. The number of nitrogens with zero attached hydrogens (tertiary/aromatic N) is 1. The summed E-state index contributed by atoms with van der Waals surface area (Å²) in [5.41, 5.74) is 0.634. The smallest absolute Gasteiger partial charge is 0.350 e. The Labute approximate surface area is 151 Å². The van der Waals surface area contributed by atoms with E-state index >= 15 is 0 Å². The summed E-state index contributed by atoms with van der Waals surface area (Å²) >= 11 is 7.51. The molecule has 0 saturated carbocycles. The molecule has 0 atom stereocenters. The number of ether oxygens (including phenoxy) is 2. The highest BCUT2D eigenvalue weighted by molar-refractivity contribution is 7.21. The molecule has 6 nitrogen and oxygen atoms in total. The van der Waals surface area contributed by atoms with Crippen LogP contribution in [-0.2, 0) is 11.3 Å². The zero-order valence-corrected chi connectivity index (χ0v) is 14.6. The number of benzene rings is 2. The van der Waals surface area contributed by atoms with Crippen LogP contribution in [0.25, 0.3) is 10.1 Å². The molecule has 2 aromatic carbocycles. The van der Waals surface area contributed by atoms with E-state index in [1.807, 2.05) is 0 Å². The fraction of sp³-hybridized carbons (Fsp3) is 0.118. The number of thiophene rings is 1. The van der Waals surface area contributed by atoms with Crippen LogP contribution in [0.3, 0.4) is 0 Å². The molecule has 128 valence electrons. The lowest BCUT2D eigenvalue weighted by Crippen LogP contribution is -2.03. The maximum atomic E-state index is 12.3. The lowest BCUT2D eigenvalue weighted by Gasteiger charge is -2.03. The summed E-state index contributed by atoms with van der Waals surface area (Å²) in [7, 11) is 1.57. The highest BCUT2D eigenvalue weighted by Gasteiger charge is 2.19. The maximum Gasteiger partial charge on any atom is 0.350 e. The predicted octanol–water partition coefficient (Wildman–Crippen LogP) is 4.83. The molecule has 0 aliphatic carbocycles. The van der Waals surface area contributed by atoms with Crippen molar-refractivity contribution in [3.8, 4) is 5.75 Å². The molecule has 0 bridgehead atoms. The summed E-state index contributed by atoms with van der Waals surface area (Å²) in [5, 5.41) is 11.7. The average Bonchev–Trinajstić information content (AvgIpc) is 2.96. The van der Waals surface area contributed by atoms with Gasteiger partial charge in [-0.15, -0.1) is 11.3 Å². The first-order valence-electron chi connectivity index (χ1n) is 7.16. The van der Waals surface area contributed by atoms with Crippen molar-refractivity contribution in [3.05, 3.63) is 68.0 Å². The van der Waals surface area contributed by atoms with E-state index in [9.17, 15) is 14.9 Å². The molecule has 0 unspecified atom stereocenters. The first kappa shape index (κ1) is 17.2. The van der Waals surface area contributed by atoms with Crippen molar-refractivity contribution < 1.29 is 19.2 Å². The first-order valence-corrected chi connectivity index (χ1v) is 8.35. The summed E-state index contributed by atoms with van der Waals surface area (Å²) < 4.78 is 11.3. The number of carbonyl (C=O) groups excluding carboxylic acids is 1. The third-order valence-electron chi connectivity index (χ3n) is 3.54. The van der Waals surface area contributed by atoms with Gasteiger partial charge in [0.1, 0.15) is 17.2 Å². The normalized spacial score (nSPS) is 10.6. The van der Waals surface area contributed by atoms with Crippen molar-refractivity contribution in [1.82, 2.24) is 0 Å². The fourth-order valence-corrected chi connectivity index (χ4v) is 3.66. The Morgan fingerprint density at radius 3 is 2.60 bits per heavy atom. The van der Waals surface area contributed by atoms with Crippen molar-refractivity contribution in [2.24, 2.45) is 0 Å². The molecule has 0 radical (unpaired) electrons. The van der Waals surface area contributed by atoms with E-state index in [1.165, 1.54) is 23.5 Å². The molecule has 1 aromatic heterocycles. The van der Waals surface area contributed by atoms with E-state index < -0.39 is 10.9 Å². The monoisotopic (exact) mass is 377 g/mol. The van der Waals surface area contributed by atoms with Crippen LogP contribution in [0.1, 0.15) is 15.2 Å². The van der Waals surface area contributed by atoms with Crippen LogP contribution < -0.4 is 4.74 Å². The van der Waals surface area contributed by atoms with Gasteiger partial charge >= 0.3 is 5.97 Å². The van der Waals surface area contributed by atoms with Crippen LogP contribution >= 0.6 is 22.9 Å². The summed E-state index contributed by atoms with van der Waals surface area (Å²) in [4.78, 5) is 22.8. The Morgan fingerprint density at radius 2 is 1.96 bits per heavy atom. The SMILES string of the molecule is COc1ccc2c(Cl)c(C(=O)OCc3ccc([N+](=O)[O-])cc3)sc2c1. The second-order valence-electron chi connectivity index (χ2n) is 5.11. The number of hydrogen-bond donors (Lipinski definition) is 0. The number of nitro benzene ring substituents is 1. The fourth-order valence-electron chi connectivity index (χ4n) is 2.23. The Hall–Kier alpha value is -2.64. The molecule has 3 aromatic rings. The average molecular weight is 378 g/mol. The van der Waals surface area contributed by atoms with Gasteiger partial charge in [0.25, 0.3) is 5.69 Å². The number of fused-ring (bicyclic) bond motifs is 1. The third-order valence-corrected chi connectivity index (χ3v) is 5.18. The largest absolute Gasteiger partial charge is 0.497 e. The van der Waals surface area contributed by atoms with E-state index in [0.717, 1.165) is 10.1 Å². The molecule has 0 fully saturated rings. The highest BCUT2D eigenvalue weighted by atomic mass is 35.5. The molecular weight excluding hydrogens is 366 g/mol. The quantitative estimate of drug-likeness (QED) is 0.361. The van der Waals surface area contributed by atoms with Crippen LogP contribution in [-0.4, -0.2) is 18.0 Å². The van der Waals surface area contributed by atoms with Crippen LogP contribution in [0.4, 0.5) is 5.69 Å². The van der Waals surface area contributed by atoms with E-state index in [2.05, 4.69) is 0 Å². The van der Waals surface area contributed by atoms with E-state index in [-0.39, 0.29) is 12.3 Å². The van der Waals surface area contributed by atoms with E-state index in [1.54, 1.807) is 37.4 Å². The van der Waals surface area contributed by atoms with Crippen LogP contribution in [0.15, 0.2) is 42.5 Å². The lowest BCUT2D eigenvalue weighted by molar-refractivity contribution is -0.384. The maximum absolute atomic E-state index is 12.3. The van der Waals surface area contributed by atoms with E-state index in [4.69, 9.17) is 21.1 Å². The molecule has 0 spiro atoms. The number of carbonyl (C=O) groups is 1. The molecule has 0 aliphatic heterocycles. The second kappa shape index (κ2) is 7.08. The minimum atomic E-state index is -0.538. The van der Waals surface area contributed by atoms with Crippen LogP contribution in [0.5, 0.6) is 5.75 Å². The standard InChI is InChI=1S/C17H12ClNO5S/c1-23-12-6-7-13-14(8-12)25-16(15(13)18)17(20)24-9-10-2-4-11(5-3-10)19(21)22/h2-8H,9H2,1H3. The topological polar surface area (TPSA) is 78.7 Å². The Balaban J connectivity index is 1.75. The molecule has 1 heterocycles. The molecule has 0 saturated heterocycles. The van der Waals surface area contributed by atoms with Crippen molar-refractivity contribution >= 4 is 44.7 Å². The molecule has 0 aliphatic rings. The van der Waals surface area contributed by atoms with Gasteiger partial charge in [0.05, 0.1) is 17.1 Å². The van der Waals surface area contributed by atoms with Gasteiger partial charge in [-0.2, -0.15) is 0 Å². The van der Waals surface area contributed by atoms with E-state index in [0.29, 0.717) is 21.2 Å². The number of esters is 1. The van der Waals surface area contributed by atoms with Crippen molar-refractivity contribution in [3.63, 3.8) is 0 Å². The zero-order chi connectivity index (χ0) is 18.0. The van der Waals surface area contributed by atoms with Crippen molar-refractivity contribution in [1.29, 1.82) is 0 Å². The molecule has 8 heteroatoms. The van der Waals surface area contributed by atoms with Gasteiger partial charge in [0.2, 0.25) is 0 Å². The van der Waals surface area contributed by atoms with Crippen molar-refractivity contribution in [2.75, 3.05) is 7.11 Å². The van der Waals surface area contributed by atoms with Gasteiger partial charge in [0, 0.05) is 22.2 Å². The van der Waals surface area contributed by atoms with Crippen LogP contribution in [0, 0.1) is 10.1 Å². The highest BCUT2D eigenvalue weighted by Crippen LogP contribution is 2.37. The number of non-ortho nitro benzene ring substituents is 1. The summed E-state index contributed by atoms with van der Waals surface area (Å²) in [6, 6.07) is 11.2. The van der Waals surface area contributed by atoms with Gasteiger partial charge in [-0.25, -0.2) is 4.79 Å². The molecular formula is C17H12ClNO5S. The van der Waals surface area contributed by atoms with Gasteiger partial charge in [-0.1, -0.05) is 11.6 Å². The second-order valence-corrected chi connectivity index (χ2v) is 6.54. The van der Waals surface area contributed by atoms with Gasteiger partial charge in [0.15, 0.2) is 0 Å². The molecule has 0 amide bonds. The van der Waals surface area contributed by atoms with Crippen LogP contribution in [0.2, 0.25) is 5.02 Å². The molecule has 3 rings (SSSR count). The number of halogens is 1. The predicted molar refractivity (Wildman–Crippen MR) is 95.6 cm³/mol.